The van der Waals surface area contributed by atoms with Crippen LogP contribution < -0.4 is 15.0 Å². The number of amides is 2. The Balaban J connectivity index is 1.27. The van der Waals surface area contributed by atoms with Gasteiger partial charge in [-0.05, 0) is 42.5 Å². The molecule has 6 nitrogen and oxygen atoms in total. The lowest BCUT2D eigenvalue weighted by molar-refractivity contribution is 0.194. The Kier molecular flexibility index (Phi) is 6.64. The molecule has 0 spiro atoms. The van der Waals surface area contributed by atoms with Gasteiger partial charge in [0.05, 0.1) is 17.3 Å². The Morgan fingerprint density at radius 2 is 1.93 bits per heavy atom. The summed E-state index contributed by atoms with van der Waals surface area (Å²) in [5.41, 5.74) is 2.27. The number of nitrogens with one attached hydrogen (secondary N) is 1. The van der Waals surface area contributed by atoms with Gasteiger partial charge in [0.25, 0.3) is 0 Å². The molecule has 1 aliphatic heterocycles. The minimum atomic E-state index is 0.0112. The number of piperazine rings is 1. The first-order chi connectivity index (χ1) is 14.7. The molecule has 1 aliphatic rings. The minimum Gasteiger partial charge on any atom is -0.497 e. The number of ether oxygens (including phenoxy) is 1. The van der Waals surface area contributed by atoms with E-state index in [2.05, 4.69) is 34.7 Å². The van der Waals surface area contributed by atoms with Crippen molar-refractivity contribution in [3.63, 3.8) is 0 Å². The van der Waals surface area contributed by atoms with Gasteiger partial charge in [0.1, 0.15) is 5.75 Å². The number of hydrogen-bond acceptors (Lipinski definition) is 6. The van der Waals surface area contributed by atoms with Gasteiger partial charge in [0.2, 0.25) is 0 Å². The molecular weight excluding hydrogens is 416 g/mol. The maximum atomic E-state index is 12.5. The van der Waals surface area contributed by atoms with Crippen molar-refractivity contribution in [2.24, 2.45) is 0 Å². The van der Waals surface area contributed by atoms with Gasteiger partial charge < -0.3 is 19.9 Å². The van der Waals surface area contributed by atoms with Gasteiger partial charge in [-0.3, -0.25) is 0 Å². The summed E-state index contributed by atoms with van der Waals surface area (Å²) in [5.74, 6) is 0.846. The van der Waals surface area contributed by atoms with E-state index in [-0.39, 0.29) is 6.03 Å². The molecule has 0 bridgehead atoms. The first-order valence-electron chi connectivity index (χ1n) is 10.0. The third-order valence-electron chi connectivity index (χ3n) is 5.28. The molecule has 2 aromatic carbocycles. The van der Waals surface area contributed by atoms with Gasteiger partial charge in [0, 0.05) is 37.6 Å². The maximum Gasteiger partial charge on any atom is 0.317 e. The molecule has 0 unspecified atom stereocenters. The number of thiazole rings is 1. The number of carbonyl (C=O) groups is 1. The number of methoxy groups -OCH3 is 1. The number of para-hydroxylation sites is 1. The summed E-state index contributed by atoms with van der Waals surface area (Å²) in [6.45, 7) is 3.65. The van der Waals surface area contributed by atoms with Crippen LogP contribution >= 0.6 is 23.1 Å². The fourth-order valence-corrected chi connectivity index (χ4v) is 5.20. The van der Waals surface area contributed by atoms with E-state index in [0.29, 0.717) is 19.6 Å². The topological polar surface area (TPSA) is 57.7 Å². The highest BCUT2D eigenvalue weighted by atomic mass is 32.2. The molecule has 0 aliphatic carbocycles. The smallest absolute Gasteiger partial charge is 0.317 e. The zero-order chi connectivity index (χ0) is 20.9. The zero-order valence-corrected chi connectivity index (χ0v) is 18.9. The lowest BCUT2D eigenvalue weighted by Crippen LogP contribution is -2.52. The van der Waals surface area contributed by atoms with E-state index in [9.17, 15) is 4.79 Å². The number of fused-ring (bicyclic) bond motifs is 1. The summed E-state index contributed by atoms with van der Waals surface area (Å²) in [5, 5.41) is 4.09. The fraction of sp³-hybridized carbons (Fsp3) is 0.364. The second-order valence-electron chi connectivity index (χ2n) is 7.11. The van der Waals surface area contributed by atoms with Crippen molar-refractivity contribution in [1.29, 1.82) is 0 Å². The Bertz CT molecular complexity index is 998. The van der Waals surface area contributed by atoms with E-state index in [1.54, 1.807) is 30.2 Å². The van der Waals surface area contributed by atoms with Crippen molar-refractivity contribution in [1.82, 2.24) is 15.2 Å². The molecule has 4 rings (SSSR count). The molecule has 0 atom stereocenters. The molecule has 2 heterocycles. The van der Waals surface area contributed by atoms with Crippen molar-refractivity contribution in [2.75, 3.05) is 51.0 Å². The number of hydrogen-bond donors (Lipinski definition) is 1. The van der Waals surface area contributed by atoms with Crippen molar-refractivity contribution >= 4 is 44.5 Å². The van der Waals surface area contributed by atoms with Crippen LogP contribution in [0.4, 0.5) is 9.93 Å². The Labute approximate surface area is 185 Å². The number of rotatable bonds is 6. The minimum absolute atomic E-state index is 0.0112. The van der Waals surface area contributed by atoms with E-state index in [0.717, 1.165) is 35.9 Å². The SMILES string of the molecule is COc1ccc(CCNC(=O)N2CCN(c3nc4c(SC)cccc4s3)CC2)cc1. The first kappa shape index (κ1) is 20.8. The summed E-state index contributed by atoms with van der Waals surface area (Å²) in [6.07, 6.45) is 2.89. The lowest BCUT2D eigenvalue weighted by Gasteiger charge is -2.34. The molecule has 1 fully saturated rings. The number of anilines is 1. The van der Waals surface area contributed by atoms with Crippen molar-refractivity contribution < 1.29 is 9.53 Å². The van der Waals surface area contributed by atoms with Crippen LogP contribution in [0.25, 0.3) is 10.2 Å². The molecule has 1 saturated heterocycles. The van der Waals surface area contributed by atoms with E-state index in [4.69, 9.17) is 9.72 Å². The van der Waals surface area contributed by atoms with Crippen LogP contribution in [0.3, 0.4) is 0 Å². The molecule has 158 valence electrons. The predicted octanol–water partition coefficient (Wildman–Crippen LogP) is 4.10. The predicted molar refractivity (Wildman–Crippen MR) is 125 cm³/mol. The Morgan fingerprint density at radius 1 is 1.17 bits per heavy atom. The van der Waals surface area contributed by atoms with E-state index < -0.39 is 0 Å². The lowest BCUT2D eigenvalue weighted by atomic mass is 10.1. The summed E-state index contributed by atoms with van der Waals surface area (Å²) >= 11 is 3.46. The van der Waals surface area contributed by atoms with Crippen LogP contribution in [-0.2, 0) is 6.42 Å². The van der Waals surface area contributed by atoms with Gasteiger partial charge >= 0.3 is 6.03 Å². The Morgan fingerprint density at radius 3 is 2.63 bits per heavy atom. The van der Waals surface area contributed by atoms with Crippen LogP contribution in [0.2, 0.25) is 0 Å². The quantitative estimate of drug-likeness (QED) is 0.583. The van der Waals surface area contributed by atoms with Crippen molar-refractivity contribution in [3.05, 3.63) is 48.0 Å². The van der Waals surface area contributed by atoms with Gasteiger partial charge in [-0.2, -0.15) is 0 Å². The second-order valence-corrected chi connectivity index (χ2v) is 8.96. The molecule has 1 aromatic heterocycles. The van der Waals surface area contributed by atoms with Gasteiger partial charge in [-0.15, -0.1) is 11.8 Å². The summed E-state index contributed by atoms with van der Waals surface area (Å²) in [7, 11) is 1.66. The van der Waals surface area contributed by atoms with E-state index in [1.165, 1.54) is 15.2 Å². The highest BCUT2D eigenvalue weighted by molar-refractivity contribution is 7.98. The average molecular weight is 443 g/mol. The third kappa shape index (κ3) is 4.65. The number of nitrogens with zero attached hydrogens (tertiary/aromatic N) is 3. The van der Waals surface area contributed by atoms with Crippen LogP contribution in [0, 0.1) is 0 Å². The van der Waals surface area contributed by atoms with E-state index in [1.807, 2.05) is 29.2 Å². The highest BCUT2D eigenvalue weighted by Crippen LogP contribution is 2.34. The summed E-state index contributed by atoms with van der Waals surface area (Å²) < 4.78 is 6.39. The summed E-state index contributed by atoms with van der Waals surface area (Å²) in [4.78, 5) is 22.8. The number of carbonyl (C=O) groups excluding carboxylic acids is 1. The normalized spacial score (nSPS) is 14.2. The number of aromatic nitrogens is 1. The molecular formula is C22H26N4O2S2. The highest BCUT2D eigenvalue weighted by Gasteiger charge is 2.23. The molecule has 3 aromatic rings. The van der Waals surface area contributed by atoms with Crippen LogP contribution in [0.1, 0.15) is 5.56 Å². The monoisotopic (exact) mass is 442 g/mol. The Hall–Kier alpha value is -2.45. The zero-order valence-electron chi connectivity index (χ0n) is 17.3. The van der Waals surface area contributed by atoms with Gasteiger partial charge in [-0.1, -0.05) is 29.5 Å². The summed E-state index contributed by atoms with van der Waals surface area (Å²) in [6, 6.07) is 14.3. The van der Waals surface area contributed by atoms with Crippen LogP contribution in [-0.4, -0.2) is 62.0 Å². The van der Waals surface area contributed by atoms with Crippen molar-refractivity contribution in [3.8, 4) is 5.75 Å². The van der Waals surface area contributed by atoms with Crippen LogP contribution in [0.15, 0.2) is 47.4 Å². The largest absolute Gasteiger partial charge is 0.497 e. The van der Waals surface area contributed by atoms with Gasteiger partial charge in [-0.25, -0.2) is 9.78 Å². The van der Waals surface area contributed by atoms with E-state index >= 15 is 0 Å². The standard InChI is InChI=1S/C22H26N4O2S2/c1-28-17-8-6-16(7-9-17)10-11-23-21(27)25-12-14-26(15-13-25)22-24-20-18(29-2)4-3-5-19(20)30-22/h3-9H,10-15H2,1-2H3,(H,23,27). The fourth-order valence-electron chi connectivity index (χ4n) is 3.53. The van der Waals surface area contributed by atoms with Crippen molar-refractivity contribution in [2.45, 2.75) is 11.3 Å². The number of benzene rings is 2. The molecule has 0 radical (unpaired) electrons. The molecule has 30 heavy (non-hydrogen) atoms. The van der Waals surface area contributed by atoms with Crippen LogP contribution in [0.5, 0.6) is 5.75 Å². The molecule has 1 N–H and O–H groups in total. The number of urea groups is 1. The first-order valence-corrected chi connectivity index (χ1v) is 12.1. The molecule has 0 saturated carbocycles. The average Bonchev–Trinajstić information content (AvgIpc) is 3.24. The third-order valence-corrected chi connectivity index (χ3v) is 7.13. The number of thioether (sulfide) groups is 1. The molecule has 8 heteroatoms. The molecule has 2 amide bonds. The van der Waals surface area contributed by atoms with Gasteiger partial charge in [0.15, 0.2) is 5.13 Å². The maximum absolute atomic E-state index is 12.5. The second kappa shape index (κ2) is 9.57.